The summed E-state index contributed by atoms with van der Waals surface area (Å²) in [6.45, 7) is 15.0. The van der Waals surface area contributed by atoms with Crippen molar-refractivity contribution in [1.82, 2.24) is 9.55 Å². The van der Waals surface area contributed by atoms with E-state index in [9.17, 15) is 10.1 Å². The van der Waals surface area contributed by atoms with Gasteiger partial charge in [-0.1, -0.05) is 77.0 Å². The van der Waals surface area contributed by atoms with Crippen LogP contribution in [0.5, 0.6) is 0 Å². The molecule has 142 valence electrons. The lowest BCUT2D eigenvalue weighted by Crippen LogP contribution is -2.24. The van der Waals surface area contributed by atoms with Gasteiger partial charge in [0.2, 0.25) is 5.82 Å². The summed E-state index contributed by atoms with van der Waals surface area (Å²) >= 11 is 7.70. The molecule has 0 radical (unpaired) electrons. The van der Waals surface area contributed by atoms with E-state index in [2.05, 4.69) is 25.8 Å². The zero-order valence-electron chi connectivity index (χ0n) is 16.4. The van der Waals surface area contributed by atoms with Crippen LogP contribution in [-0.4, -0.2) is 14.5 Å². The molecule has 5 nitrogen and oxygen atoms in total. The second-order valence-corrected chi connectivity index (χ2v) is 10.1. The van der Waals surface area contributed by atoms with Gasteiger partial charge in [-0.3, -0.25) is 4.57 Å². The minimum atomic E-state index is -0.400. The molecule has 1 aromatic carbocycles. The number of halogens is 1. The van der Waals surface area contributed by atoms with Crippen molar-refractivity contribution in [3.05, 3.63) is 44.7 Å². The molecule has 0 bridgehead atoms. The summed E-state index contributed by atoms with van der Waals surface area (Å²) in [5, 5.41) is 12.8. The molecule has 0 N–H and O–H groups in total. The number of hydrogen-bond acceptors (Lipinski definition) is 4. The monoisotopic (exact) mass is 395 g/mol. The van der Waals surface area contributed by atoms with Crippen molar-refractivity contribution < 1.29 is 4.92 Å². The van der Waals surface area contributed by atoms with Crippen LogP contribution in [0.1, 0.15) is 52.9 Å². The highest BCUT2D eigenvalue weighted by atomic mass is 35.5. The average molecular weight is 396 g/mol. The third-order valence-corrected chi connectivity index (χ3v) is 5.51. The second-order valence-electron chi connectivity index (χ2n) is 8.71. The van der Waals surface area contributed by atoms with Crippen molar-refractivity contribution in [2.24, 2.45) is 5.41 Å². The number of imidazole rings is 1. The Morgan fingerprint density at radius 1 is 1.23 bits per heavy atom. The van der Waals surface area contributed by atoms with Gasteiger partial charge in [-0.05, 0) is 33.9 Å². The van der Waals surface area contributed by atoms with E-state index >= 15 is 0 Å². The maximum atomic E-state index is 11.7. The lowest BCUT2D eigenvalue weighted by Gasteiger charge is -2.24. The van der Waals surface area contributed by atoms with Crippen molar-refractivity contribution in [3.63, 3.8) is 0 Å². The minimum absolute atomic E-state index is 0.0561. The first kappa shape index (κ1) is 20.8. The summed E-state index contributed by atoms with van der Waals surface area (Å²) in [5.74, 6) is 0.606. The maximum Gasteiger partial charge on any atom is 0.396 e. The molecule has 0 spiro atoms. The fraction of sp³-hybridized carbons (Fsp3) is 0.526. The van der Waals surface area contributed by atoms with Gasteiger partial charge >= 0.3 is 5.82 Å². The predicted molar refractivity (Wildman–Crippen MR) is 107 cm³/mol. The van der Waals surface area contributed by atoms with E-state index in [4.69, 9.17) is 11.6 Å². The Bertz CT molecular complexity index is 812. The van der Waals surface area contributed by atoms with Gasteiger partial charge in [-0.25, -0.2) is 0 Å². The van der Waals surface area contributed by atoms with E-state index in [1.165, 1.54) is 11.8 Å². The van der Waals surface area contributed by atoms with Gasteiger partial charge in [-0.15, -0.1) is 0 Å². The Morgan fingerprint density at radius 3 is 2.31 bits per heavy atom. The Labute approximate surface area is 164 Å². The molecular formula is C19H26ClN3O2S. The van der Waals surface area contributed by atoms with Gasteiger partial charge in [-0.2, -0.15) is 0 Å². The van der Waals surface area contributed by atoms with Crippen molar-refractivity contribution in [1.29, 1.82) is 0 Å². The van der Waals surface area contributed by atoms with E-state index in [-0.39, 0.29) is 16.6 Å². The number of aromatic nitrogens is 2. The Kier molecular flexibility index (Phi) is 5.78. The molecule has 2 aromatic rings. The van der Waals surface area contributed by atoms with E-state index < -0.39 is 4.92 Å². The number of aryl methyl sites for hydroxylation is 1. The highest BCUT2D eigenvalue weighted by Gasteiger charge is 2.36. The van der Waals surface area contributed by atoms with Crippen LogP contribution in [0, 0.1) is 22.5 Å². The molecule has 0 saturated carbocycles. The van der Waals surface area contributed by atoms with E-state index in [1.807, 2.05) is 44.4 Å². The molecule has 7 heteroatoms. The molecule has 26 heavy (non-hydrogen) atoms. The zero-order valence-corrected chi connectivity index (χ0v) is 18.0. The number of nitrogens with zero attached hydrogens (tertiary/aromatic N) is 3. The normalized spacial score (nSPS) is 12.5. The molecule has 2 rings (SSSR count). The fourth-order valence-electron chi connectivity index (χ4n) is 2.68. The van der Waals surface area contributed by atoms with Crippen LogP contribution in [0.25, 0.3) is 0 Å². The Hall–Kier alpha value is -1.53. The largest absolute Gasteiger partial charge is 0.396 e. The van der Waals surface area contributed by atoms with E-state index in [1.54, 1.807) is 6.07 Å². The number of benzene rings is 1. The van der Waals surface area contributed by atoms with Crippen LogP contribution in [-0.2, 0) is 12.0 Å². The molecule has 0 atom stereocenters. The summed E-state index contributed by atoms with van der Waals surface area (Å²) < 4.78 is 1.99. The van der Waals surface area contributed by atoms with Crippen LogP contribution in [0.3, 0.4) is 0 Å². The highest BCUT2D eigenvalue weighted by Crippen LogP contribution is 2.43. The first-order valence-electron chi connectivity index (χ1n) is 8.49. The first-order valence-corrected chi connectivity index (χ1v) is 9.69. The van der Waals surface area contributed by atoms with Crippen LogP contribution >= 0.6 is 23.4 Å². The van der Waals surface area contributed by atoms with Gasteiger partial charge in [0.25, 0.3) is 0 Å². The molecular weight excluding hydrogens is 370 g/mol. The van der Waals surface area contributed by atoms with Crippen LogP contribution < -0.4 is 0 Å². The van der Waals surface area contributed by atoms with Gasteiger partial charge in [0.1, 0.15) is 0 Å². The lowest BCUT2D eigenvalue weighted by molar-refractivity contribution is -0.392. The molecule has 0 fully saturated rings. The third kappa shape index (κ3) is 4.60. The summed E-state index contributed by atoms with van der Waals surface area (Å²) in [5.41, 5.74) is 0.613. The molecule has 0 unspecified atom stereocenters. The van der Waals surface area contributed by atoms with Gasteiger partial charge in [0.05, 0.1) is 5.02 Å². The van der Waals surface area contributed by atoms with Gasteiger partial charge in [0, 0.05) is 16.9 Å². The standard InChI is InChI=1S/C19H26ClN3O2S/c1-12-9-8-10-13(20)14(12)26-16-15(23(24)25)21-17(19(5,6)7)22(16)11-18(2,3)4/h8-10H,11H2,1-7H3. The summed E-state index contributed by atoms with van der Waals surface area (Å²) in [4.78, 5) is 16.6. The zero-order chi connectivity index (χ0) is 19.9. The Morgan fingerprint density at radius 2 is 1.85 bits per heavy atom. The van der Waals surface area contributed by atoms with Gasteiger partial charge in [0.15, 0.2) is 5.03 Å². The molecule has 0 aliphatic rings. The quantitative estimate of drug-likeness (QED) is 0.453. The fourth-order valence-corrected chi connectivity index (χ4v) is 4.08. The molecule has 1 heterocycles. The molecule has 1 aromatic heterocycles. The first-order chi connectivity index (χ1) is 11.8. The van der Waals surface area contributed by atoms with Crippen molar-refractivity contribution in [3.8, 4) is 0 Å². The smallest absolute Gasteiger partial charge is 0.358 e. The second kappa shape index (κ2) is 7.24. The molecule has 0 aliphatic heterocycles. The van der Waals surface area contributed by atoms with Crippen LogP contribution in [0.4, 0.5) is 5.82 Å². The molecule has 0 amide bonds. The average Bonchev–Trinajstić information content (AvgIpc) is 2.79. The van der Waals surface area contributed by atoms with E-state index in [0.29, 0.717) is 22.4 Å². The van der Waals surface area contributed by atoms with E-state index in [0.717, 1.165) is 10.5 Å². The maximum absolute atomic E-state index is 11.7. The lowest BCUT2D eigenvalue weighted by atomic mass is 9.93. The van der Waals surface area contributed by atoms with Crippen molar-refractivity contribution >= 4 is 29.2 Å². The third-order valence-electron chi connectivity index (χ3n) is 3.74. The summed E-state index contributed by atoms with van der Waals surface area (Å²) in [6, 6.07) is 5.64. The highest BCUT2D eigenvalue weighted by molar-refractivity contribution is 7.99. The predicted octanol–water partition coefficient (Wildman–Crippen LogP) is 6.25. The Balaban J connectivity index is 2.72. The number of rotatable bonds is 4. The van der Waals surface area contributed by atoms with Gasteiger partial charge < -0.3 is 10.1 Å². The van der Waals surface area contributed by atoms with Crippen LogP contribution in [0.15, 0.2) is 28.1 Å². The number of hydrogen-bond donors (Lipinski definition) is 0. The summed E-state index contributed by atoms with van der Waals surface area (Å²) in [7, 11) is 0. The SMILES string of the molecule is Cc1cccc(Cl)c1Sc1c([N+](=O)[O-])nc(C(C)(C)C)n1CC(C)(C)C. The van der Waals surface area contributed by atoms with Crippen molar-refractivity contribution in [2.75, 3.05) is 0 Å². The summed E-state index contributed by atoms with van der Waals surface area (Å²) in [6.07, 6.45) is 0. The minimum Gasteiger partial charge on any atom is -0.358 e. The topological polar surface area (TPSA) is 61.0 Å². The van der Waals surface area contributed by atoms with Crippen LogP contribution in [0.2, 0.25) is 5.02 Å². The molecule has 0 saturated heterocycles. The molecule has 0 aliphatic carbocycles. The van der Waals surface area contributed by atoms with Crippen molar-refractivity contribution in [2.45, 2.75) is 70.3 Å². The number of nitro groups is 1.